The Kier molecular flexibility index (Phi) is 5.35. The molecule has 5 aromatic rings. The maximum absolute atomic E-state index is 13.4. The maximum atomic E-state index is 13.4. The summed E-state index contributed by atoms with van der Waals surface area (Å²) in [7, 11) is 3.13. The van der Waals surface area contributed by atoms with Crippen LogP contribution in [-0.4, -0.2) is 39.9 Å². The lowest BCUT2D eigenvalue weighted by molar-refractivity contribution is 0.102. The molecule has 0 atom stereocenters. The number of aromatic amines is 2. The molecule has 0 saturated heterocycles. The van der Waals surface area contributed by atoms with E-state index < -0.39 is 0 Å². The fourth-order valence-corrected chi connectivity index (χ4v) is 3.75. The van der Waals surface area contributed by atoms with Gasteiger partial charge in [-0.25, -0.2) is 9.48 Å². The highest BCUT2D eigenvalue weighted by molar-refractivity contribution is 6.09. The molecule has 170 valence electrons. The molecule has 3 N–H and O–H groups in total. The van der Waals surface area contributed by atoms with Crippen LogP contribution in [0, 0.1) is 0 Å². The van der Waals surface area contributed by atoms with Crippen LogP contribution >= 0.6 is 0 Å². The van der Waals surface area contributed by atoms with Gasteiger partial charge < -0.3 is 24.8 Å². The molecule has 0 aliphatic carbocycles. The number of methoxy groups -OCH3 is 2. The minimum atomic E-state index is -0.354. The van der Waals surface area contributed by atoms with Crippen LogP contribution < -0.4 is 20.5 Å². The topological polar surface area (TPSA) is 114 Å². The van der Waals surface area contributed by atoms with Gasteiger partial charge in [0.2, 0.25) is 0 Å². The van der Waals surface area contributed by atoms with Gasteiger partial charge in [0.1, 0.15) is 17.2 Å². The van der Waals surface area contributed by atoms with Crippen LogP contribution in [0.4, 0.5) is 5.69 Å². The molecule has 0 unspecified atom stereocenters. The third kappa shape index (κ3) is 3.90. The molecule has 9 nitrogen and oxygen atoms in total. The number of carbonyl (C=O) groups excluding carboxylic acids is 1. The van der Waals surface area contributed by atoms with Gasteiger partial charge in [0.05, 0.1) is 36.5 Å². The first-order chi connectivity index (χ1) is 16.6. The van der Waals surface area contributed by atoms with Crippen molar-refractivity contribution in [2.75, 3.05) is 19.5 Å². The number of amides is 1. The highest BCUT2D eigenvalue weighted by Crippen LogP contribution is 2.35. The van der Waals surface area contributed by atoms with Gasteiger partial charge in [-0.3, -0.25) is 4.79 Å². The van der Waals surface area contributed by atoms with Crippen molar-refractivity contribution in [2.24, 2.45) is 0 Å². The summed E-state index contributed by atoms with van der Waals surface area (Å²) in [4.78, 5) is 30.3. The number of anilines is 1. The zero-order valence-electron chi connectivity index (χ0n) is 18.5. The van der Waals surface area contributed by atoms with Crippen molar-refractivity contribution in [3.63, 3.8) is 0 Å². The van der Waals surface area contributed by atoms with Crippen molar-refractivity contribution in [1.29, 1.82) is 0 Å². The third-order valence-electron chi connectivity index (χ3n) is 5.42. The van der Waals surface area contributed by atoms with E-state index in [0.29, 0.717) is 45.0 Å². The number of nitrogens with one attached hydrogen (secondary N) is 3. The van der Waals surface area contributed by atoms with Crippen molar-refractivity contribution in [2.45, 2.75) is 0 Å². The number of benzene rings is 3. The lowest BCUT2D eigenvalue weighted by Crippen LogP contribution is -2.12. The minimum absolute atomic E-state index is 0.309. The molecule has 0 aliphatic heterocycles. The number of nitrogens with zero attached hydrogens (tertiary/aromatic N) is 2. The molecule has 0 bridgehead atoms. The second-order valence-electron chi connectivity index (χ2n) is 7.53. The van der Waals surface area contributed by atoms with E-state index in [2.05, 4.69) is 15.3 Å². The Morgan fingerprint density at radius 1 is 0.941 bits per heavy atom. The summed E-state index contributed by atoms with van der Waals surface area (Å²) >= 11 is 0. The van der Waals surface area contributed by atoms with Crippen LogP contribution in [-0.2, 0) is 0 Å². The van der Waals surface area contributed by atoms with E-state index in [4.69, 9.17) is 14.6 Å². The molecular weight excluding hydrogens is 434 g/mol. The van der Waals surface area contributed by atoms with Gasteiger partial charge in [-0.2, -0.15) is 5.10 Å². The summed E-state index contributed by atoms with van der Waals surface area (Å²) in [6, 6.07) is 20.0. The van der Waals surface area contributed by atoms with Gasteiger partial charge in [-0.05, 0) is 42.5 Å². The van der Waals surface area contributed by atoms with Crippen LogP contribution in [0.25, 0.3) is 28.0 Å². The molecule has 0 spiro atoms. The van der Waals surface area contributed by atoms with Gasteiger partial charge in [0.25, 0.3) is 5.91 Å². The van der Waals surface area contributed by atoms with E-state index in [9.17, 15) is 9.59 Å². The van der Waals surface area contributed by atoms with E-state index in [0.717, 1.165) is 5.69 Å². The monoisotopic (exact) mass is 455 g/mol. The quantitative estimate of drug-likeness (QED) is 0.358. The molecular formula is C25H21N5O4. The Morgan fingerprint density at radius 2 is 1.74 bits per heavy atom. The summed E-state index contributed by atoms with van der Waals surface area (Å²) in [5.74, 6) is 0.799. The summed E-state index contributed by atoms with van der Waals surface area (Å²) in [6.07, 6.45) is 1.68. The average molecular weight is 455 g/mol. The Morgan fingerprint density at radius 3 is 2.50 bits per heavy atom. The number of ether oxygens (including phenoxy) is 2. The van der Waals surface area contributed by atoms with Gasteiger partial charge in [-0.1, -0.05) is 18.2 Å². The number of para-hydroxylation sites is 1. The molecule has 0 fully saturated rings. The number of hydrogen-bond donors (Lipinski definition) is 3. The van der Waals surface area contributed by atoms with Crippen molar-refractivity contribution < 1.29 is 14.3 Å². The Balaban J connectivity index is 1.59. The molecule has 34 heavy (non-hydrogen) atoms. The molecule has 2 aromatic heterocycles. The summed E-state index contributed by atoms with van der Waals surface area (Å²) < 4.78 is 12.5. The zero-order valence-corrected chi connectivity index (χ0v) is 18.5. The summed E-state index contributed by atoms with van der Waals surface area (Å²) in [5.41, 5.74) is 3.75. The van der Waals surface area contributed by atoms with Crippen molar-refractivity contribution in [3.05, 3.63) is 89.0 Å². The smallest absolute Gasteiger partial charge is 0.323 e. The van der Waals surface area contributed by atoms with Crippen LogP contribution in [0.1, 0.15) is 10.4 Å². The largest absolute Gasteiger partial charge is 0.497 e. The highest BCUT2D eigenvalue weighted by Gasteiger charge is 2.22. The first-order valence-corrected chi connectivity index (χ1v) is 10.5. The Hall–Kier alpha value is -4.79. The summed E-state index contributed by atoms with van der Waals surface area (Å²) in [5, 5.41) is 7.61. The lowest BCUT2D eigenvalue weighted by Gasteiger charge is -2.10. The van der Waals surface area contributed by atoms with Gasteiger partial charge >= 0.3 is 5.69 Å². The van der Waals surface area contributed by atoms with Crippen molar-refractivity contribution >= 4 is 22.6 Å². The number of fused-ring (bicyclic) bond motifs is 1. The van der Waals surface area contributed by atoms with Gasteiger partial charge in [-0.15, -0.1) is 0 Å². The van der Waals surface area contributed by atoms with E-state index in [-0.39, 0.29) is 11.6 Å². The fraction of sp³-hybridized carbons (Fsp3) is 0.0800. The predicted octanol–water partition coefficient (Wildman–Crippen LogP) is 3.98. The van der Waals surface area contributed by atoms with Gasteiger partial charge in [0, 0.05) is 23.5 Å². The second kappa shape index (κ2) is 8.62. The fourth-order valence-electron chi connectivity index (χ4n) is 3.75. The van der Waals surface area contributed by atoms with E-state index in [1.54, 1.807) is 55.4 Å². The van der Waals surface area contributed by atoms with E-state index >= 15 is 0 Å². The third-order valence-corrected chi connectivity index (χ3v) is 5.42. The standard InChI is InChI=1S/C25H21N5O4/c1-33-17-9-10-18(22(13-17)34-2)23-19(14-30(29-23)16-6-4-3-5-7-16)24(31)26-15-8-11-20-21(12-15)28-25(32)27-20/h3-14H,1-2H3,(H,26,31)(H2,27,28,32). The Labute approximate surface area is 194 Å². The van der Waals surface area contributed by atoms with Crippen LogP contribution in [0.3, 0.4) is 0 Å². The molecule has 0 aliphatic rings. The first-order valence-electron chi connectivity index (χ1n) is 10.5. The molecule has 0 radical (unpaired) electrons. The molecule has 2 heterocycles. The number of H-pyrrole nitrogens is 2. The van der Waals surface area contributed by atoms with Crippen LogP contribution in [0.5, 0.6) is 11.5 Å². The average Bonchev–Trinajstić information content (AvgIpc) is 3.47. The lowest BCUT2D eigenvalue weighted by atomic mass is 10.1. The minimum Gasteiger partial charge on any atom is -0.497 e. The van der Waals surface area contributed by atoms with E-state index in [1.807, 2.05) is 36.4 Å². The second-order valence-corrected chi connectivity index (χ2v) is 7.53. The molecule has 3 aromatic carbocycles. The summed E-state index contributed by atoms with van der Waals surface area (Å²) in [6.45, 7) is 0. The molecule has 9 heteroatoms. The van der Waals surface area contributed by atoms with Crippen molar-refractivity contribution in [3.8, 4) is 28.4 Å². The molecule has 0 saturated carbocycles. The number of aromatic nitrogens is 4. The SMILES string of the molecule is COc1ccc(-c2nn(-c3ccccc3)cc2C(=O)Nc2ccc3[nH]c(=O)[nH]c3c2)c(OC)c1. The predicted molar refractivity (Wildman–Crippen MR) is 129 cm³/mol. The highest BCUT2D eigenvalue weighted by atomic mass is 16.5. The normalized spacial score (nSPS) is 10.9. The maximum Gasteiger partial charge on any atom is 0.323 e. The van der Waals surface area contributed by atoms with E-state index in [1.165, 1.54) is 0 Å². The Bertz CT molecular complexity index is 1550. The number of carbonyl (C=O) groups is 1. The number of hydrogen-bond acceptors (Lipinski definition) is 5. The van der Waals surface area contributed by atoms with Crippen LogP contribution in [0.15, 0.2) is 77.7 Å². The zero-order chi connectivity index (χ0) is 23.7. The van der Waals surface area contributed by atoms with Crippen molar-refractivity contribution in [1.82, 2.24) is 19.7 Å². The van der Waals surface area contributed by atoms with Crippen LogP contribution in [0.2, 0.25) is 0 Å². The first kappa shape index (κ1) is 21.1. The number of rotatable bonds is 6. The molecule has 5 rings (SSSR count). The number of imidazole rings is 1. The molecule has 1 amide bonds. The van der Waals surface area contributed by atoms with Gasteiger partial charge in [0.15, 0.2) is 0 Å².